The molecule has 7 nitrogen and oxygen atoms in total. The molecule has 0 aromatic heterocycles. The number of hydrogen-bond acceptors (Lipinski definition) is 6. The van der Waals surface area contributed by atoms with Crippen molar-refractivity contribution in [2.75, 3.05) is 25.6 Å². The number of carbonyl (C=O) groups is 2. The molecular weight excluding hydrogens is 462 g/mol. The number of hydrogen-bond donors (Lipinski definition) is 1. The fraction of sp³-hybridized carbons (Fsp3) is 0.375. The Bertz CT molecular complexity index is 1070. The fourth-order valence-corrected chi connectivity index (χ4v) is 5.24. The minimum absolute atomic E-state index is 0.00808. The number of aliphatic imine (C=N–C) groups is 1. The molecule has 0 saturated carbocycles. The van der Waals surface area contributed by atoms with Crippen molar-refractivity contribution in [3.63, 3.8) is 0 Å². The van der Waals surface area contributed by atoms with Gasteiger partial charge in [-0.2, -0.15) is 0 Å². The van der Waals surface area contributed by atoms with Crippen molar-refractivity contribution in [2.24, 2.45) is 4.99 Å². The monoisotopic (exact) mass is 487 g/mol. The van der Waals surface area contributed by atoms with Gasteiger partial charge < -0.3 is 14.8 Å². The van der Waals surface area contributed by atoms with Gasteiger partial charge in [-0.25, -0.2) is 4.99 Å². The van der Waals surface area contributed by atoms with Crippen LogP contribution in [-0.4, -0.2) is 53.5 Å². The number of ether oxygens (including phenoxy) is 2. The number of anilines is 1. The molecule has 2 fully saturated rings. The van der Waals surface area contributed by atoms with E-state index in [4.69, 9.17) is 26.1 Å². The molecule has 9 heteroatoms. The van der Waals surface area contributed by atoms with Crippen LogP contribution < -0.4 is 10.1 Å². The Balaban J connectivity index is 1.48. The summed E-state index contributed by atoms with van der Waals surface area (Å²) in [6.07, 6.45) is 1.92. The van der Waals surface area contributed by atoms with E-state index in [-0.39, 0.29) is 24.3 Å². The van der Waals surface area contributed by atoms with Gasteiger partial charge in [-0.1, -0.05) is 35.5 Å². The molecule has 1 N–H and O–H groups in total. The molecule has 2 aromatic carbocycles. The van der Waals surface area contributed by atoms with Crippen molar-refractivity contribution in [3.05, 3.63) is 53.1 Å². The van der Waals surface area contributed by atoms with Gasteiger partial charge in [0.15, 0.2) is 5.17 Å². The van der Waals surface area contributed by atoms with E-state index in [0.717, 1.165) is 24.1 Å². The molecule has 0 bridgehead atoms. The number of carbonyl (C=O) groups excluding carboxylic acids is 2. The normalized spacial score (nSPS) is 21.6. The Labute approximate surface area is 202 Å². The van der Waals surface area contributed by atoms with E-state index in [2.05, 4.69) is 5.32 Å². The van der Waals surface area contributed by atoms with Gasteiger partial charge in [0.25, 0.3) is 0 Å². The maximum atomic E-state index is 13.2. The molecule has 2 atom stereocenters. The molecule has 0 spiro atoms. The maximum absolute atomic E-state index is 13.2. The smallest absolute Gasteiger partial charge is 0.242 e. The molecule has 2 aliphatic heterocycles. The summed E-state index contributed by atoms with van der Waals surface area (Å²) in [5.74, 6) is 0.138. The number of halogens is 1. The summed E-state index contributed by atoms with van der Waals surface area (Å²) in [7, 11) is 1.53. The summed E-state index contributed by atoms with van der Waals surface area (Å²) < 4.78 is 10.9. The van der Waals surface area contributed by atoms with Crippen molar-refractivity contribution >= 4 is 51.7 Å². The largest absolute Gasteiger partial charge is 0.495 e. The van der Waals surface area contributed by atoms with Crippen molar-refractivity contribution < 1.29 is 19.1 Å². The molecule has 33 heavy (non-hydrogen) atoms. The lowest BCUT2D eigenvalue weighted by atomic mass is 10.2. The quantitative estimate of drug-likeness (QED) is 0.607. The van der Waals surface area contributed by atoms with Gasteiger partial charge in [0, 0.05) is 18.7 Å². The molecule has 2 heterocycles. The minimum atomic E-state index is -0.552. The second-order valence-electron chi connectivity index (χ2n) is 8.03. The third-order valence-electron chi connectivity index (χ3n) is 5.46. The Morgan fingerprint density at radius 3 is 2.88 bits per heavy atom. The zero-order valence-electron chi connectivity index (χ0n) is 18.5. The van der Waals surface area contributed by atoms with Gasteiger partial charge in [0.05, 0.1) is 30.5 Å². The lowest BCUT2D eigenvalue weighted by molar-refractivity contribution is -0.129. The van der Waals surface area contributed by atoms with Gasteiger partial charge in [0.1, 0.15) is 11.0 Å². The highest BCUT2D eigenvalue weighted by molar-refractivity contribution is 8.15. The van der Waals surface area contributed by atoms with E-state index in [1.807, 2.05) is 31.2 Å². The zero-order valence-corrected chi connectivity index (χ0v) is 20.1. The van der Waals surface area contributed by atoms with Crippen molar-refractivity contribution in [2.45, 2.75) is 37.5 Å². The Morgan fingerprint density at radius 1 is 1.33 bits per heavy atom. The van der Waals surface area contributed by atoms with Gasteiger partial charge >= 0.3 is 0 Å². The van der Waals surface area contributed by atoms with E-state index in [0.29, 0.717) is 34.8 Å². The predicted molar refractivity (Wildman–Crippen MR) is 132 cm³/mol. The van der Waals surface area contributed by atoms with Crippen LogP contribution in [0.3, 0.4) is 0 Å². The zero-order chi connectivity index (χ0) is 23.4. The fourth-order valence-electron chi connectivity index (χ4n) is 3.82. The summed E-state index contributed by atoms with van der Waals surface area (Å²) in [5, 5.41) is 3.26. The highest BCUT2D eigenvalue weighted by Crippen LogP contribution is 2.33. The molecule has 174 valence electrons. The van der Waals surface area contributed by atoms with Crippen LogP contribution in [0.4, 0.5) is 11.4 Å². The highest BCUT2D eigenvalue weighted by atomic mass is 35.5. The lowest BCUT2D eigenvalue weighted by Gasteiger charge is -2.20. The second-order valence-corrected chi connectivity index (χ2v) is 9.60. The number of rotatable bonds is 7. The first-order valence-electron chi connectivity index (χ1n) is 10.8. The van der Waals surface area contributed by atoms with Crippen LogP contribution in [0.15, 0.2) is 47.5 Å². The number of nitrogens with one attached hydrogen (secondary N) is 1. The number of benzene rings is 2. The number of methoxy groups -OCH3 is 1. The van der Waals surface area contributed by atoms with E-state index in [1.54, 1.807) is 23.1 Å². The van der Waals surface area contributed by atoms with Gasteiger partial charge in [-0.3, -0.25) is 14.5 Å². The summed E-state index contributed by atoms with van der Waals surface area (Å²) in [6.45, 7) is 3.16. The third kappa shape index (κ3) is 5.88. The molecule has 4 rings (SSSR count). The summed E-state index contributed by atoms with van der Waals surface area (Å²) in [4.78, 5) is 32.3. The summed E-state index contributed by atoms with van der Waals surface area (Å²) in [5.41, 5.74) is 2.41. The summed E-state index contributed by atoms with van der Waals surface area (Å²) >= 11 is 7.47. The minimum Gasteiger partial charge on any atom is -0.495 e. The van der Waals surface area contributed by atoms with E-state index < -0.39 is 5.25 Å². The number of nitrogens with zero attached hydrogens (tertiary/aromatic N) is 2. The summed E-state index contributed by atoms with van der Waals surface area (Å²) in [6, 6.07) is 12.8. The number of amides is 2. The molecule has 0 aliphatic carbocycles. The molecular formula is C24H26ClN3O4S. The van der Waals surface area contributed by atoms with E-state index >= 15 is 0 Å². The average Bonchev–Trinajstić information content (AvgIpc) is 3.38. The SMILES string of the molecule is COc1ccc(NC(=O)CC2SC(=Nc3cccc(C)c3)N(CC3CCCO3)C2=O)cc1Cl. The maximum Gasteiger partial charge on any atom is 0.242 e. The van der Waals surface area contributed by atoms with Crippen LogP contribution in [0.2, 0.25) is 5.02 Å². The molecule has 2 saturated heterocycles. The highest BCUT2D eigenvalue weighted by Gasteiger charge is 2.40. The van der Waals surface area contributed by atoms with Crippen LogP contribution in [0.5, 0.6) is 5.75 Å². The predicted octanol–water partition coefficient (Wildman–Crippen LogP) is 4.80. The number of thioether (sulfide) groups is 1. The van der Waals surface area contributed by atoms with E-state index in [9.17, 15) is 9.59 Å². The van der Waals surface area contributed by atoms with Crippen molar-refractivity contribution in [3.8, 4) is 5.75 Å². The van der Waals surface area contributed by atoms with Gasteiger partial charge in [-0.15, -0.1) is 0 Å². The molecule has 2 aliphatic rings. The molecule has 0 radical (unpaired) electrons. The first-order valence-corrected chi connectivity index (χ1v) is 12.1. The Kier molecular flexibility index (Phi) is 7.57. The average molecular weight is 488 g/mol. The van der Waals surface area contributed by atoms with Crippen LogP contribution in [-0.2, 0) is 14.3 Å². The van der Waals surface area contributed by atoms with Crippen LogP contribution >= 0.6 is 23.4 Å². The van der Waals surface area contributed by atoms with E-state index in [1.165, 1.54) is 18.9 Å². The van der Waals surface area contributed by atoms with Crippen LogP contribution in [0.1, 0.15) is 24.8 Å². The first-order chi connectivity index (χ1) is 15.9. The number of amidine groups is 1. The van der Waals surface area contributed by atoms with Crippen LogP contribution in [0, 0.1) is 6.92 Å². The molecule has 2 unspecified atom stereocenters. The van der Waals surface area contributed by atoms with Gasteiger partial charge in [-0.05, 0) is 55.7 Å². The molecule has 2 amide bonds. The topological polar surface area (TPSA) is 80.2 Å². The standard InChI is InChI=1S/C24H26ClN3O4S/c1-15-5-3-6-16(11-15)27-24-28(14-18-7-4-10-32-18)23(30)21(33-24)13-22(29)26-17-8-9-20(31-2)19(25)12-17/h3,5-6,8-9,11-12,18,21H,4,7,10,13-14H2,1-2H3,(H,26,29). The second kappa shape index (κ2) is 10.6. The third-order valence-corrected chi connectivity index (χ3v) is 6.93. The Hall–Kier alpha value is -2.55. The first kappa shape index (κ1) is 23.6. The molecule has 2 aromatic rings. The lowest BCUT2D eigenvalue weighted by Crippen LogP contribution is -2.38. The number of aryl methyl sites for hydroxylation is 1. The van der Waals surface area contributed by atoms with Crippen LogP contribution in [0.25, 0.3) is 0 Å². The van der Waals surface area contributed by atoms with Gasteiger partial charge in [0.2, 0.25) is 11.8 Å². The Morgan fingerprint density at radius 2 is 2.18 bits per heavy atom. The van der Waals surface area contributed by atoms with Crippen molar-refractivity contribution in [1.82, 2.24) is 4.90 Å². The van der Waals surface area contributed by atoms with Crippen molar-refractivity contribution in [1.29, 1.82) is 0 Å².